The van der Waals surface area contributed by atoms with Crippen LogP contribution in [0, 0.1) is 18.3 Å². The Morgan fingerprint density at radius 3 is 2.48 bits per heavy atom. The average molecular weight is 368 g/mol. The first-order valence-corrected chi connectivity index (χ1v) is 9.42. The fraction of sp³-hybridized carbons (Fsp3) is 0.524. The van der Waals surface area contributed by atoms with Crippen molar-refractivity contribution in [2.24, 2.45) is 0 Å². The van der Waals surface area contributed by atoms with Gasteiger partial charge in [-0.15, -0.1) is 0 Å². The molecule has 2 aromatic rings. The summed E-state index contributed by atoms with van der Waals surface area (Å²) in [6.45, 7) is 12.0. The lowest BCUT2D eigenvalue weighted by Crippen LogP contribution is -2.41. The number of hydrogen-bond donors (Lipinski definition) is 1. The normalized spacial score (nSPS) is 16.7. The van der Waals surface area contributed by atoms with Crippen LogP contribution in [0.2, 0.25) is 0 Å². The molecule has 27 heavy (non-hydrogen) atoms. The summed E-state index contributed by atoms with van der Waals surface area (Å²) < 4.78 is 11.4. The van der Waals surface area contributed by atoms with Crippen LogP contribution in [0.1, 0.15) is 49.5 Å². The van der Waals surface area contributed by atoms with E-state index in [9.17, 15) is 5.26 Å². The standard InChI is InChI=1S/C21H28N4O2/c1-15-5-7-16(8-6-15)18(25-9-11-26-12-10-25)14-23-19-17(13-22)24-20(27-19)21(2,3)4/h5-8,18,23H,9-12,14H2,1-4H3. The lowest BCUT2D eigenvalue weighted by molar-refractivity contribution is 0.0186. The number of oxazole rings is 1. The van der Waals surface area contributed by atoms with E-state index < -0.39 is 0 Å². The molecular weight excluding hydrogens is 340 g/mol. The molecule has 6 heteroatoms. The van der Waals surface area contributed by atoms with Gasteiger partial charge in [-0.05, 0) is 12.5 Å². The molecule has 3 rings (SSSR count). The third-order valence-corrected chi connectivity index (χ3v) is 4.78. The van der Waals surface area contributed by atoms with Crippen LogP contribution in [0.25, 0.3) is 0 Å². The summed E-state index contributed by atoms with van der Waals surface area (Å²) in [5.74, 6) is 1.02. The minimum atomic E-state index is -0.244. The van der Waals surface area contributed by atoms with E-state index in [1.807, 2.05) is 20.8 Å². The van der Waals surface area contributed by atoms with Gasteiger partial charge in [0.15, 0.2) is 0 Å². The molecule has 0 bridgehead atoms. The van der Waals surface area contributed by atoms with Crippen LogP contribution in [-0.4, -0.2) is 42.7 Å². The van der Waals surface area contributed by atoms with Crippen molar-refractivity contribution in [3.8, 4) is 6.07 Å². The number of nitriles is 1. The molecule has 0 radical (unpaired) electrons. The predicted molar refractivity (Wildman–Crippen MR) is 105 cm³/mol. The topological polar surface area (TPSA) is 74.3 Å². The summed E-state index contributed by atoms with van der Waals surface area (Å²) in [5.41, 5.74) is 2.55. The summed E-state index contributed by atoms with van der Waals surface area (Å²) in [7, 11) is 0. The Morgan fingerprint density at radius 1 is 1.22 bits per heavy atom. The number of nitrogens with one attached hydrogen (secondary N) is 1. The Bertz CT molecular complexity index is 793. The van der Waals surface area contributed by atoms with Gasteiger partial charge in [0.2, 0.25) is 17.5 Å². The number of morpholine rings is 1. The number of benzene rings is 1. The summed E-state index contributed by atoms with van der Waals surface area (Å²) in [5, 5.41) is 12.8. The molecule has 1 aromatic heterocycles. The minimum Gasteiger partial charge on any atom is -0.423 e. The van der Waals surface area contributed by atoms with Crippen LogP contribution < -0.4 is 5.32 Å². The van der Waals surface area contributed by atoms with E-state index in [0.717, 1.165) is 26.3 Å². The Morgan fingerprint density at radius 2 is 1.89 bits per heavy atom. The molecule has 0 amide bonds. The summed E-state index contributed by atoms with van der Waals surface area (Å²) in [6, 6.07) is 10.9. The number of aryl methyl sites for hydroxylation is 1. The second kappa shape index (κ2) is 8.12. The van der Waals surface area contributed by atoms with Gasteiger partial charge in [-0.1, -0.05) is 50.6 Å². The SMILES string of the molecule is Cc1ccc(C(CNc2oc(C(C)(C)C)nc2C#N)N2CCOCC2)cc1. The molecule has 2 heterocycles. The molecule has 1 saturated heterocycles. The zero-order valence-corrected chi connectivity index (χ0v) is 16.6. The van der Waals surface area contributed by atoms with Crippen molar-refractivity contribution in [1.82, 2.24) is 9.88 Å². The minimum absolute atomic E-state index is 0.171. The van der Waals surface area contributed by atoms with Gasteiger partial charge in [0.25, 0.3) is 0 Å². The molecular formula is C21H28N4O2. The predicted octanol–water partition coefficient (Wildman–Crippen LogP) is 3.64. The molecule has 6 nitrogen and oxygen atoms in total. The number of rotatable bonds is 5. The van der Waals surface area contributed by atoms with Gasteiger partial charge < -0.3 is 14.5 Å². The van der Waals surface area contributed by atoms with E-state index in [0.29, 0.717) is 24.0 Å². The lowest BCUT2D eigenvalue weighted by atomic mass is 9.97. The van der Waals surface area contributed by atoms with Gasteiger partial charge in [0.05, 0.1) is 19.3 Å². The number of aromatic nitrogens is 1. The molecule has 0 spiro atoms. The van der Waals surface area contributed by atoms with E-state index in [-0.39, 0.29) is 11.5 Å². The monoisotopic (exact) mass is 368 g/mol. The smallest absolute Gasteiger partial charge is 0.232 e. The molecule has 0 aliphatic carbocycles. The summed E-state index contributed by atoms with van der Waals surface area (Å²) >= 11 is 0. The molecule has 1 fully saturated rings. The number of hydrogen-bond acceptors (Lipinski definition) is 6. The van der Waals surface area contributed by atoms with Crippen molar-refractivity contribution in [2.45, 2.75) is 39.2 Å². The number of anilines is 1. The number of nitrogens with zero attached hydrogens (tertiary/aromatic N) is 3. The maximum atomic E-state index is 9.42. The molecule has 1 aliphatic rings. The fourth-order valence-electron chi connectivity index (χ4n) is 3.16. The van der Waals surface area contributed by atoms with Crippen molar-refractivity contribution in [3.05, 3.63) is 47.0 Å². The van der Waals surface area contributed by atoms with Crippen LogP contribution in [0.15, 0.2) is 28.7 Å². The van der Waals surface area contributed by atoms with Crippen molar-refractivity contribution < 1.29 is 9.15 Å². The lowest BCUT2D eigenvalue weighted by Gasteiger charge is -2.35. The molecule has 1 atom stereocenters. The van der Waals surface area contributed by atoms with Crippen LogP contribution >= 0.6 is 0 Å². The van der Waals surface area contributed by atoms with Gasteiger partial charge in [-0.25, -0.2) is 0 Å². The van der Waals surface area contributed by atoms with Gasteiger partial charge in [-0.3, -0.25) is 4.90 Å². The summed E-state index contributed by atoms with van der Waals surface area (Å²) in [6.07, 6.45) is 0. The zero-order chi connectivity index (χ0) is 19.4. The van der Waals surface area contributed by atoms with Crippen molar-refractivity contribution in [3.63, 3.8) is 0 Å². The first-order chi connectivity index (χ1) is 12.9. The van der Waals surface area contributed by atoms with Crippen LogP contribution in [-0.2, 0) is 10.2 Å². The molecule has 144 valence electrons. The van der Waals surface area contributed by atoms with Crippen LogP contribution in [0.5, 0.6) is 0 Å². The molecule has 1 aliphatic heterocycles. The van der Waals surface area contributed by atoms with E-state index in [1.165, 1.54) is 11.1 Å². The van der Waals surface area contributed by atoms with Crippen molar-refractivity contribution in [1.29, 1.82) is 5.26 Å². The highest BCUT2D eigenvalue weighted by Gasteiger charge is 2.26. The van der Waals surface area contributed by atoms with Crippen LogP contribution in [0.3, 0.4) is 0 Å². The van der Waals surface area contributed by atoms with E-state index in [1.54, 1.807) is 0 Å². The largest absolute Gasteiger partial charge is 0.423 e. The first kappa shape index (κ1) is 19.4. The average Bonchev–Trinajstić information content (AvgIpc) is 3.08. The fourth-order valence-corrected chi connectivity index (χ4v) is 3.16. The van der Waals surface area contributed by atoms with Gasteiger partial charge >= 0.3 is 0 Å². The molecule has 0 saturated carbocycles. The van der Waals surface area contributed by atoms with E-state index >= 15 is 0 Å². The third kappa shape index (κ3) is 4.68. The second-order valence-electron chi connectivity index (χ2n) is 8.01. The Labute approximate surface area is 161 Å². The Kier molecular flexibility index (Phi) is 5.83. The van der Waals surface area contributed by atoms with Gasteiger partial charge in [0.1, 0.15) is 6.07 Å². The maximum Gasteiger partial charge on any atom is 0.232 e. The highest BCUT2D eigenvalue weighted by molar-refractivity contribution is 5.46. The van der Waals surface area contributed by atoms with Gasteiger partial charge in [0, 0.05) is 25.0 Å². The van der Waals surface area contributed by atoms with Crippen molar-refractivity contribution in [2.75, 3.05) is 38.2 Å². The molecule has 1 aromatic carbocycles. The summed E-state index contributed by atoms with van der Waals surface area (Å²) in [4.78, 5) is 6.76. The zero-order valence-electron chi connectivity index (χ0n) is 16.6. The highest BCUT2D eigenvalue weighted by Crippen LogP contribution is 2.28. The second-order valence-corrected chi connectivity index (χ2v) is 8.01. The third-order valence-electron chi connectivity index (χ3n) is 4.78. The molecule has 1 unspecified atom stereocenters. The first-order valence-electron chi connectivity index (χ1n) is 9.42. The van der Waals surface area contributed by atoms with Crippen LogP contribution in [0.4, 0.5) is 5.88 Å². The number of ether oxygens (including phenoxy) is 1. The maximum absolute atomic E-state index is 9.42. The van der Waals surface area contributed by atoms with Crippen molar-refractivity contribution >= 4 is 5.88 Å². The van der Waals surface area contributed by atoms with Gasteiger partial charge in [-0.2, -0.15) is 10.2 Å². The quantitative estimate of drug-likeness (QED) is 0.868. The van der Waals surface area contributed by atoms with E-state index in [2.05, 4.69) is 52.5 Å². The Balaban J connectivity index is 1.81. The molecule has 1 N–H and O–H groups in total. The Hall–Kier alpha value is -2.36. The highest BCUT2D eigenvalue weighted by atomic mass is 16.5. The van der Waals surface area contributed by atoms with E-state index in [4.69, 9.17) is 9.15 Å².